The summed E-state index contributed by atoms with van der Waals surface area (Å²) in [5.41, 5.74) is 0. The molecule has 0 spiro atoms. The Kier molecular flexibility index (Phi) is 9.84. The molecule has 0 fully saturated rings. The van der Waals surface area contributed by atoms with Crippen molar-refractivity contribution in [1.82, 2.24) is 5.32 Å². The monoisotopic (exact) mass is 263 g/mol. The van der Waals surface area contributed by atoms with Crippen molar-refractivity contribution in [3.8, 4) is 0 Å². The lowest BCUT2D eigenvalue weighted by Gasteiger charge is -2.17. The summed E-state index contributed by atoms with van der Waals surface area (Å²) < 4.78 is 23.1. The van der Waals surface area contributed by atoms with E-state index in [0.29, 0.717) is 18.3 Å². The van der Waals surface area contributed by atoms with Crippen LogP contribution in [-0.4, -0.2) is 32.5 Å². The van der Waals surface area contributed by atoms with Gasteiger partial charge in [0, 0.05) is 18.3 Å². The number of hydrogen-bond acceptors (Lipinski definition) is 3. The van der Waals surface area contributed by atoms with Gasteiger partial charge in [0.05, 0.1) is 5.75 Å². The third kappa shape index (κ3) is 9.60. The zero-order chi connectivity index (χ0) is 13.1. The van der Waals surface area contributed by atoms with Gasteiger partial charge in [-0.15, -0.1) is 0 Å². The maximum Gasteiger partial charge on any atom is 0.151 e. The van der Waals surface area contributed by atoms with Gasteiger partial charge in [0.25, 0.3) is 0 Å². The number of nitrogens with one attached hydrogen (secondary N) is 1. The Bertz CT molecular complexity index is 263. The SMILES string of the molecule is CCCCC(CCC)NCCS(=O)(=O)CCC. The summed E-state index contributed by atoms with van der Waals surface area (Å²) in [7, 11) is -2.83. The molecule has 17 heavy (non-hydrogen) atoms. The van der Waals surface area contributed by atoms with Crippen LogP contribution >= 0.6 is 0 Å². The first-order valence-electron chi connectivity index (χ1n) is 6.99. The number of rotatable bonds is 11. The molecule has 0 saturated carbocycles. The lowest BCUT2D eigenvalue weighted by Crippen LogP contribution is -2.33. The predicted molar refractivity (Wildman–Crippen MR) is 75.2 cm³/mol. The maximum absolute atomic E-state index is 11.5. The molecule has 0 rings (SSSR count). The maximum atomic E-state index is 11.5. The average molecular weight is 263 g/mol. The molecule has 0 aliphatic heterocycles. The van der Waals surface area contributed by atoms with Crippen molar-refractivity contribution in [3.63, 3.8) is 0 Å². The summed E-state index contributed by atoms with van der Waals surface area (Å²) in [4.78, 5) is 0. The fourth-order valence-electron chi connectivity index (χ4n) is 1.98. The van der Waals surface area contributed by atoms with E-state index in [1.807, 2.05) is 6.92 Å². The van der Waals surface area contributed by atoms with Crippen molar-refractivity contribution in [1.29, 1.82) is 0 Å². The van der Waals surface area contributed by atoms with Crippen LogP contribution in [0.25, 0.3) is 0 Å². The summed E-state index contributed by atoms with van der Waals surface area (Å²) >= 11 is 0. The highest BCUT2D eigenvalue weighted by atomic mass is 32.2. The number of unbranched alkanes of at least 4 members (excludes halogenated alkanes) is 1. The van der Waals surface area contributed by atoms with E-state index >= 15 is 0 Å². The topological polar surface area (TPSA) is 46.2 Å². The van der Waals surface area contributed by atoms with Crippen molar-refractivity contribution in [3.05, 3.63) is 0 Å². The standard InChI is InChI=1S/C13H29NO2S/c1-4-7-9-13(8-5-2)14-10-12-17(15,16)11-6-3/h13-14H,4-12H2,1-3H3. The van der Waals surface area contributed by atoms with E-state index in [9.17, 15) is 8.42 Å². The van der Waals surface area contributed by atoms with Gasteiger partial charge in [-0.1, -0.05) is 40.0 Å². The largest absolute Gasteiger partial charge is 0.313 e. The van der Waals surface area contributed by atoms with Crippen LogP contribution in [0.15, 0.2) is 0 Å². The average Bonchev–Trinajstić information content (AvgIpc) is 2.25. The minimum Gasteiger partial charge on any atom is -0.313 e. The Morgan fingerprint density at radius 3 is 2.18 bits per heavy atom. The Morgan fingerprint density at radius 1 is 0.941 bits per heavy atom. The highest BCUT2D eigenvalue weighted by Gasteiger charge is 2.11. The Morgan fingerprint density at radius 2 is 1.65 bits per heavy atom. The first-order valence-corrected chi connectivity index (χ1v) is 8.81. The summed E-state index contributed by atoms with van der Waals surface area (Å²) in [5.74, 6) is 0.606. The molecular formula is C13H29NO2S. The van der Waals surface area contributed by atoms with Crippen LogP contribution in [0.3, 0.4) is 0 Å². The van der Waals surface area contributed by atoms with Gasteiger partial charge >= 0.3 is 0 Å². The lowest BCUT2D eigenvalue weighted by atomic mass is 10.1. The smallest absolute Gasteiger partial charge is 0.151 e. The number of sulfone groups is 1. The minimum atomic E-state index is -2.83. The van der Waals surface area contributed by atoms with E-state index in [0.717, 1.165) is 25.7 Å². The normalized spacial score (nSPS) is 13.8. The van der Waals surface area contributed by atoms with Gasteiger partial charge in [-0.25, -0.2) is 8.42 Å². The van der Waals surface area contributed by atoms with Gasteiger partial charge in [-0.05, 0) is 19.3 Å². The van der Waals surface area contributed by atoms with Gasteiger partial charge < -0.3 is 5.32 Å². The van der Waals surface area contributed by atoms with Crippen LogP contribution in [0.2, 0.25) is 0 Å². The van der Waals surface area contributed by atoms with Crippen LogP contribution in [0.5, 0.6) is 0 Å². The molecule has 1 N–H and O–H groups in total. The summed E-state index contributed by atoms with van der Waals surface area (Å²) in [5, 5.41) is 3.39. The van der Waals surface area contributed by atoms with Crippen LogP contribution in [-0.2, 0) is 9.84 Å². The van der Waals surface area contributed by atoms with Crippen molar-refractivity contribution in [2.24, 2.45) is 0 Å². The fourth-order valence-corrected chi connectivity index (χ4v) is 3.23. The molecule has 0 aromatic rings. The van der Waals surface area contributed by atoms with Gasteiger partial charge in [0.15, 0.2) is 9.84 Å². The molecule has 0 aliphatic rings. The van der Waals surface area contributed by atoms with Gasteiger partial charge in [0.1, 0.15) is 0 Å². The molecule has 0 radical (unpaired) electrons. The van der Waals surface area contributed by atoms with Gasteiger partial charge in [-0.3, -0.25) is 0 Å². The van der Waals surface area contributed by atoms with Crippen molar-refractivity contribution >= 4 is 9.84 Å². The highest BCUT2D eigenvalue weighted by Crippen LogP contribution is 2.06. The van der Waals surface area contributed by atoms with E-state index in [4.69, 9.17) is 0 Å². The van der Waals surface area contributed by atoms with Crippen molar-refractivity contribution in [2.75, 3.05) is 18.1 Å². The van der Waals surface area contributed by atoms with Crippen molar-refractivity contribution in [2.45, 2.75) is 65.3 Å². The number of hydrogen-bond donors (Lipinski definition) is 1. The molecule has 1 unspecified atom stereocenters. The first kappa shape index (κ1) is 16.9. The van der Waals surface area contributed by atoms with Crippen LogP contribution < -0.4 is 5.32 Å². The minimum absolute atomic E-state index is 0.285. The Balaban J connectivity index is 3.87. The molecule has 4 heteroatoms. The molecule has 0 amide bonds. The molecule has 3 nitrogen and oxygen atoms in total. The molecule has 0 bridgehead atoms. The third-order valence-electron chi connectivity index (χ3n) is 2.90. The van der Waals surface area contributed by atoms with E-state index in [1.54, 1.807) is 0 Å². The fraction of sp³-hybridized carbons (Fsp3) is 1.00. The Labute approximate surface area is 107 Å². The summed E-state index contributed by atoms with van der Waals surface area (Å²) in [6.07, 6.45) is 6.61. The van der Waals surface area contributed by atoms with E-state index in [2.05, 4.69) is 19.2 Å². The van der Waals surface area contributed by atoms with E-state index < -0.39 is 9.84 Å². The Hall–Kier alpha value is -0.0900. The first-order chi connectivity index (χ1) is 8.05. The molecular weight excluding hydrogens is 234 g/mol. The van der Waals surface area contributed by atoms with Gasteiger partial charge in [0.2, 0.25) is 0 Å². The molecule has 0 aromatic carbocycles. The molecule has 0 heterocycles. The summed E-state index contributed by atoms with van der Waals surface area (Å²) in [6.45, 7) is 6.88. The molecule has 0 aliphatic carbocycles. The van der Waals surface area contributed by atoms with Crippen molar-refractivity contribution < 1.29 is 8.42 Å². The highest BCUT2D eigenvalue weighted by molar-refractivity contribution is 7.91. The summed E-state index contributed by atoms with van der Waals surface area (Å²) in [6, 6.07) is 0.497. The zero-order valence-electron chi connectivity index (χ0n) is 11.7. The molecule has 0 aromatic heterocycles. The van der Waals surface area contributed by atoms with E-state index in [1.165, 1.54) is 12.8 Å². The third-order valence-corrected chi connectivity index (χ3v) is 4.76. The second kappa shape index (κ2) is 9.89. The molecule has 1 atom stereocenters. The quantitative estimate of drug-likeness (QED) is 0.623. The van der Waals surface area contributed by atoms with Crippen LogP contribution in [0.1, 0.15) is 59.3 Å². The zero-order valence-corrected chi connectivity index (χ0v) is 12.5. The van der Waals surface area contributed by atoms with Crippen LogP contribution in [0, 0.1) is 0 Å². The van der Waals surface area contributed by atoms with Gasteiger partial charge in [-0.2, -0.15) is 0 Å². The second-order valence-electron chi connectivity index (χ2n) is 4.73. The molecule has 104 valence electrons. The van der Waals surface area contributed by atoms with E-state index in [-0.39, 0.29) is 5.75 Å². The van der Waals surface area contributed by atoms with Crippen LogP contribution in [0.4, 0.5) is 0 Å². The lowest BCUT2D eigenvalue weighted by molar-refractivity contribution is 0.445. The molecule has 0 saturated heterocycles. The second-order valence-corrected chi connectivity index (χ2v) is 7.04. The predicted octanol–water partition coefficient (Wildman–Crippen LogP) is 2.76.